The topological polar surface area (TPSA) is 81.6 Å². The molecule has 1 atom stereocenters. The fourth-order valence-electron chi connectivity index (χ4n) is 3.20. The van der Waals surface area contributed by atoms with Crippen LogP contribution in [0, 0.1) is 0 Å². The lowest BCUT2D eigenvalue weighted by atomic mass is 10.0. The van der Waals surface area contributed by atoms with Crippen molar-refractivity contribution in [3.05, 3.63) is 54.3 Å². The maximum Gasteiger partial charge on any atom is 0.290 e. The second kappa shape index (κ2) is 7.03. The number of hydrogen-bond donors (Lipinski definition) is 0. The summed E-state index contributed by atoms with van der Waals surface area (Å²) in [6, 6.07) is 10.6. The summed E-state index contributed by atoms with van der Waals surface area (Å²) in [5.74, 6) is 1.89. The normalized spacial score (nSPS) is 17.3. The summed E-state index contributed by atoms with van der Waals surface area (Å²) in [6.45, 7) is 0.643. The molecule has 0 aliphatic carbocycles. The van der Waals surface area contributed by atoms with Crippen LogP contribution >= 0.6 is 0 Å². The number of ether oxygens (including phenoxy) is 1. The molecule has 1 amide bonds. The third kappa shape index (κ3) is 3.08. The number of methoxy groups -OCH3 is 1. The Labute approximate surface area is 150 Å². The van der Waals surface area contributed by atoms with Gasteiger partial charge in [0.2, 0.25) is 11.7 Å². The van der Waals surface area contributed by atoms with Gasteiger partial charge in [-0.1, -0.05) is 5.16 Å². The van der Waals surface area contributed by atoms with Gasteiger partial charge in [0.05, 0.1) is 13.4 Å². The maximum atomic E-state index is 12.7. The predicted molar refractivity (Wildman–Crippen MR) is 92.6 cm³/mol. The number of benzene rings is 1. The Kier molecular flexibility index (Phi) is 4.43. The van der Waals surface area contributed by atoms with Crippen molar-refractivity contribution < 1.29 is 18.5 Å². The lowest BCUT2D eigenvalue weighted by Crippen LogP contribution is -2.38. The van der Waals surface area contributed by atoms with Crippen LogP contribution in [0.5, 0.6) is 5.75 Å². The molecule has 1 saturated heterocycles. The number of rotatable bonds is 4. The number of hydrogen-bond acceptors (Lipinski definition) is 6. The Bertz CT molecular complexity index is 871. The molecule has 3 aromatic rings. The van der Waals surface area contributed by atoms with Crippen molar-refractivity contribution in [1.82, 2.24) is 15.0 Å². The van der Waals surface area contributed by atoms with Crippen LogP contribution in [0.3, 0.4) is 0 Å². The molecule has 0 radical (unpaired) electrons. The highest BCUT2D eigenvalue weighted by atomic mass is 16.5. The van der Waals surface area contributed by atoms with Gasteiger partial charge in [0.15, 0.2) is 5.76 Å². The molecule has 1 unspecified atom stereocenters. The fraction of sp³-hybridized carbons (Fsp3) is 0.316. The van der Waals surface area contributed by atoms with Gasteiger partial charge in [-0.3, -0.25) is 4.79 Å². The molecular weight excluding hydrogens is 334 g/mol. The van der Waals surface area contributed by atoms with E-state index in [0.29, 0.717) is 24.0 Å². The van der Waals surface area contributed by atoms with E-state index in [1.54, 1.807) is 24.1 Å². The third-order valence-electron chi connectivity index (χ3n) is 4.57. The second-order valence-corrected chi connectivity index (χ2v) is 6.17. The van der Waals surface area contributed by atoms with Crippen molar-refractivity contribution in [1.29, 1.82) is 0 Å². The van der Waals surface area contributed by atoms with Crippen LogP contribution < -0.4 is 4.74 Å². The van der Waals surface area contributed by atoms with E-state index in [0.717, 1.165) is 30.6 Å². The minimum absolute atomic E-state index is 0.149. The molecule has 0 spiro atoms. The van der Waals surface area contributed by atoms with E-state index in [4.69, 9.17) is 13.7 Å². The Morgan fingerprint density at radius 1 is 1.23 bits per heavy atom. The van der Waals surface area contributed by atoms with Crippen LogP contribution in [0.2, 0.25) is 0 Å². The fourth-order valence-corrected chi connectivity index (χ4v) is 3.20. The molecule has 1 aliphatic rings. The van der Waals surface area contributed by atoms with E-state index in [9.17, 15) is 4.79 Å². The highest BCUT2D eigenvalue weighted by molar-refractivity contribution is 5.91. The first-order chi connectivity index (χ1) is 12.8. The molecule has 0 saturated carbocycles. The third-order valence-corrected chi connectivity index (χ3v) is 4.57. The Morgan fingerprint density at radius 3 is 2.81 bits per heavy atom. The zero-order chi connectivity index (χ0) is 17.9. The van der Waals surface area contributed by atoms with Crippen molar-refractivity contribution in [3.63, 3.8) is 0 Å². The first-order valence-corrected chi connectivity index (χ1v) is 8.59. The minimum Gasteiger partial charge on any atom is -0.497 e. The molecule has 0 N–H and O–H groups in total. The number of nitrogens with zero attached hydrogens (tertiary/aromatic N) is 3. The molecular formula is C19H19N3O4. The van der Waals surface area contributed by atoms with Crippen LogP contribution in [0.1, 0.15) is 41.7 Å². The van der Waals surface area contributed by atoms with E-state index >= 15 is 0 Å². The summed E-state index contributed by atoms with van der Waals surface area (Å²) >= 11 is 0. The van der Waals surface area contributed by atoms with Gasteiger partial charge in [-0.15, -0.1) is 0 Å². The molecule has 1 aliphatic heterocycles. The van der Waals surface area contributed by atoms with E-state index in [1.807, 2.05) is 24.3 Å². The summed E-state index contributed by atoms with van der Waals surface area (Å²) < 4.78 is 15.9. The van der Waals surface area contributed by atoms with E-state index in [-0.39, 0.29) is 11.9 Å². The van der Waals surface area contributed by atoms with Gasteiger partial charge in [0.25, 0.3) is 5.91 Å². The largest absolute Gasteiger partial charge is 0.497 e. The van der Waals surface area contributed by atoms with Crippen LogP contribution in [-0.2, 0) is 0 Å². The second-order valence-electron chi connectivity index (χ2n) is 6.17. The van der Waals surface area contributed by atoms with E-state index in [2.05, 4.69) is 10.1 Å². The molecule has 26 heavy (non-hydrogen) atoms. The number of carbonyl (C=O) groups excluding carboxylic acids is 1. The monoisotopic (exact) mass is 353 g/mol. The summed E-state index contributed by atoms with van der Waals surface area (Å²) in [5.41, 5.74) is 0.834. The van der Waals surface area contributed by atoms with Crippen molar-refractivity contribution in [3.8, 4) is 17.1 Å². The average Bonchev–Trinajstić information content (AvgIpc) is 3.40. The molecule has 7 heteroatoms. The van der Waals surface area contributed by atoms with Gasteiger partial charge in [0.1, 0.15) is 11.8 Å². The Balaban J connectivity index is 1.59. The summed E-state index contributed by atoms with van der Waals surface area (Å²) in [6.07, 6.45) is 4.24. The van der Waals surface area contributed by atoms with Crippen molar-refractivity contribution in [2.45, 2.75) is 25.3 Å². The standard InChI is InChI=1S/C19H19N3O4/c1-24-14-9-7-13(8-10-14)17-20-18(26-21-17)15-5-2-3-11-22(15)19(23)16-6-4-12-25-16/h4,6-10,12,15H,2-3,5,11H2,1H3. The highest BCUT2D eigenvalue weighted by Crippen LogP contribution is 2.32. The summed E-state index contributed by atoms with van der Waals surface area (Å²) in [7, 11) is 1.62. The van der Waals surface area contributed by atoms with Gasteiger partial charge in [-0.2, -0.15) is 4.98 Å². The maximum absolute atomic E-state index is 12.7. The van der Waals surface area contributed by atoms with E-state index in [1.165, 1.54) is 6.26 Å². The number of amides is 1. The van der Waals surface area contributed by atoms with Crippen molar-refractivity contribution in [2.75, 3.05) is 13.7 Å². The minimum atomic E-state index is -0.235. The molecule has 1 aromatic carbocycles. The molecule has 134 valence electrons. The Hall–Kier alpha value is -3.09. The average molecular weight is 353 g/mol. The van der Waals surface area contributed by atoms with Gasteiger partial charge < -0.3 is 18.6 Å². The molecule has 1 fully saturated rings. The number of likely N-dealkylation sites (tertiary alicyclic amines) is 1. The first-order valence-electron chi connectivity index (χ1n) is 8.59. The van der Waals surface area contributed by atoms with Gasteiger partial charge in [0, 0.05) is 12.1 Å². The molecule has 2 aromatic heterocycles. The summed E-state index contributed by atoms with van der Waals surface area (Å²) in [5, 5.41) is 4.09. The highest BCUT2D eigenvalue weighted by Gasteiger charge is 2.33. The van der Waals surface area contributed by atoms with Crippen LogP contribution in [-0.4, -0.2) is 34.6 Å². The van der Waals surface area contributed by atoms with Crippen LogP contribution in [0.4, 0.5) is 0 Å². The number of furan rings is 1. The molecule has 0 bridgehead atoms. The summed E-state index contributed by atoms with van der Waals surface area (Å²) in [4.78, 5) is 19.0. The number of piperidine rings is 1. The molecule has 7 nitrogen and oxygen atoms in total. The lowest BCUT2D eigenvalue weighted by Gasteiger charge is -2.32. The quantitative estimate of drug-likeness (QED) is 0.711. The van der Waals surface area contributed by atoms with Gasteiger partial charge in [-0.25, -0.2) is 0 Å². The SMILES string of the molecule is COc1ccc(-c2noc(C3CCCCN3C(=O)c3ccco3)n2)cc1. The number of aromatic nitrogens is 2. The number of carbonyl (C=O) groups is 1. The Morgan fingerprint density at radius 2 is 2.08 bits per heavy atom. The van der Waals surface area contributed by atoms with Crippen molar-refractivity contribution in [2.24, 2.45) is 0 Å². The van der Waals surface area contributed by atoms with E-state index < -0.39 is 0 Å². The first kappa shape index (κ1) is 16.4. The predicted octanol–water partition coefficient (Wildman–Crippen LogP) is 3.71. The lowest BCUT2D eigenvalue weighted by molar-refractivity contribution is 0.0529. The zero-order valence-electron chi connectivity index (χ0n) is 14.4. The molecule has 4 rings (SSSR count). The van der Waals surface area contributed by atoms with Crippen LogP contribution in [0.15, 0.2) is 51.6 Å². The van der Waals surface area contributed by atoms with Gasteiger partial charge >= 0.3 is 0 Å². The zero-order valence-corrected chi connectivity index (χ0v) is 14.4. The van der Waals surface area contributed by atoms with Gasteiger partial charge in [-0.05, 0) is 55.7 Å². The van der Waals surface area contributed by atoms with Crippen molar-refractivity contribution >= 4 is 5.91 Å². The molecule has 3 heterocycles. The van der Waals surface area contributed by atoms with Crippen LogP contribution in [0.25, 0.3) is 11.4 Å². The smallest absolute Gasteiger partial charge is 0.290 e.